The van der Waals surface area contributed by atoms with Gasteiger partial charge in [0, 0.05) is 11.6 Å². The minimum Gasteiger partial charge on any atom is -0.490 e. The summed E-state index contributed by atoms with van der Waals surface area (Å²) in [6, 6.07) is 8.61. The highest BCUT2D eigenvalue weighted by Crippen LogP contribution is 2.38. The lowest BCUT2D eigenvalue weighted by Gasteiger charge is -2.11. The van der Waals surface area contributed by atoms with Crippen LogP contribution in [0, 0.1) is 15.9 Å². The lowest BCUT2D eigenvalue weighted by Crippen LogP contribution is -2.03. The number of rotatable bonds is 8. The molecule has 0 aliphatic heterocycles. The predicted molar refractivity (Wildman–Crippen MR) is 93.1 cm³/mol. The van der Waals surface area contributed by atoms with E-state index in [9.17, 15) is 14.5 Å². The van der Waals surface area contributed by atoms with E-state index in [0.29, 0.717) is 17.9 Å². The first-order valence-corrected chi connectivity index (χ1v) is 7.67. The van der Waals surface area contributed by atoms with Gasteiger partial charge in [-0.1, -0.05) is 0 Å². The molecule has 1 N–H and O–H groups in total. The minimum absolute atomic E-state index is 0.0954. The van der Waals surface area contributed by atoms with Crippen molar-refractivity contribution in [2.75, 3.05) is 18.6 Å². The largest absolute Gasteiger partial charge is 0.490 e. The van der Waals surface area contributed by atoms with Crippen molar-refractivity contribution >= 4 is 17.6 Å². The third-order valence-electron chi connectivity index (χ3n) is 3.09. The van der Waals surface area contributed by atoms with E-state index in [-0.39, 0.29) is 29.6 Å². The summed E-state index contributed by atoms with van der Waals surface area (Å²) in [6.07, 6.45) is 1.41. The van der Waals surface area contributed by atoms with Gasteiger partial charge in [-0.15, -0.1) is 0 Å². The van der Waals surface area contributed by atoms with Crippen molar-refractivity contribution in [3.05, 3.63) is 57.9 Å². The molecule has 2 rings (SSSR count). The molecule has 0 spiro atoms. The molecule has 0 aliphatic carbocycles. The molecule has 2 aromatic rings. The zero-order valence-corrected chi connectivity index (χ0v) is 13.9. The van der Waals surface area contributed by atoms with E-state index in [4.69, 9.17) is 9.47 Å². The van der Waals surface area contributed by atoms with Crippen molar-refractivity contribution in [3.8, 4) is 11.5 Å². The Balaban J connectivity index is 2.28. The number of hydrogen-bond donors (Lipinski definition) is 1. The van der Waals surface area contributed by atoms with Gasteiger partial charge in [0.25, 0.3) is 0 Å². The monoisotopic (exact) mass is 347 g/mol. The summed E-state index contributed by atoms with van der Waals surface area (Å²) in [7, 11) is 0. The maximum absolute atomic E-state index is 12.9. The molecular weight excluding hydrogens is 329 g/mol. The van der Waals surface area contributed by atoms with Gasteiger partial charge in [0.2, 0.25) is 5.75 Å². The number of anilines is 1. The highest BCUT2D eigenvalue weighted by molar-refractivity contribution is 5.83. The van der Waals surface area contributed by atoms with E-state index in [2.05, 4.69) is 10.5 Å². The van der Waals surface area contributed by atoms with Gasteiger partial charge in [0.15, 0.2) is 5.75 Å². The van der Waals surface area contributed by atoms with Crippen LogP contribution in [0.25, 0.3) is 0 Å². The van der Waals surface area contributed by atoms with E-state index in [1.165, 1.54) is 36.5 Å². The fraction of sp³-hybridized carbons (Fsp3) is 0.235. The molecule has 0 fully saturated rings. The van der Waals surface area contributed by atoms with E-state index in [0.717, 1.165) is 0 Å². The standard InChI is InChI=1S/C17H18FN3O4/c1-3-24-16-10-12(9-15(21(22)23)17(16)25-4-2)11-19-20-14-7-5-13(18)6-8-14/h5-11,20H,3-4H2,1-2H3/b19-11+. The number of halogens is 1. The number of ether oxygens (including phenoxy) is 2. The Morgan fingerprint density at radius 1 is 1.20 bits per heavy atom. The SMILES string of the molecule is CCOc1cc(/C=N/Nc2ccc(F)cc2)cc([N+](=O)[O-])c1OCC. The smallest absolute Gasteiger partial charge is 0.315 e. The van der Waals surface area contributed by atoms with Crippen LogP contribution in [0.1, 0.15) is 19.4 Å². The second kappa shape index (κ2) is 8.62. The fourth-order valence-electron chi connectivity index (χ4n) is 2.08. The number of hydrogen-bond acceptors (Lipinski definition) is 6. The van der Waals surface area contributed by atoms with Crippen molar-refractivity contribution in [1.29, 1.82) is 0 Å². The second-order valence-electron chi connectivity index (χ2n) is 4.87. The van der Waals surface area contributed by atoms with Crippen molar-refractivity contribution in [2.45, 2.75) is 13.8 Å². The predicted octanol–water partition coefficient (Wildman–Crippen LogP) is 3.98. The Kier molecular flexibility index (Phi) is 6.27. The van der Waals surface area contributed by atoms with Crippen molar-refractivity contribution in [2.24, 2.45) is 5.10 Å². The summed E-state index contributed by atoms with van der Waals surface area (Å²) in [4.78, 5) is 10.8. The van der Waals surface area contributed by atoms with Crippen LogP contribution in [0.5, 0.6) is 11.5 Å². The van der Waals surface area contributed by atoms with E-state index >= 15 is 0 Å². The van der Waals surface area contributed by atoms with Gasteiger partial charge in [-0.25, -0.2) is 4.39 Å². The maximum atomic E-state index is 12.9. The second-order valence-corrected chi connectivity index (χ2v) is 4.87. The quantitative estimate of drug-likeness (QED) is 0.443. The minimum atomic E-state index is -0.530. The van der Waals surface area contributed by atoms with Crippen LogP contribution in [-0.4, -0.2) is 24.4 Å². The van der Waals surface area contributed by atoms with E-state index in [1.807, 2.05) is 0 Å². The first-order chi connectivity index (χ1) is 12.0. The molecule has 0 radical (unpaired) electrons. The van der Waals surface area contributed by atoms with Crippen LogP contribution < -0.4 is 14.9 Å². The summed E-state index contributed by atoms with van der Waals surface area (Å²) in [5, 5.41) is 15.3. The molecule has 0 saturated carbocycles. The van der Waals surface area contributed by atoms with Crippen LogP contribution in [0.15, 0.2) is 41.5 Å². The Morgan fingerprint density at radius 2 is 1.88 bits per heavy atom. The van der Waals surface area contributed by atoms with Crippen LogP contribution in [0.2, 0.25) is 0 Å². The van der Waals surface area contributed by atoms with Gasteiger partial charge in [-0.05, 0) is 44.2 Å². The Hall–Kier alpha value is -3.16. The maximum Gasteiger partial charge on any atom is 0.315 e. The molecule has 0 heterocycles. The Labute approximate surface area is 144 Å². The highest BCUT2D eigenvalue weighted by atomic mass is 19.1. The molecule has 132 valence electrons. The topological polar surface area (TPSA) is 86.0 Å². The van der Waals surface area contributed by atoms with E-state index < -0.39 is 4.92 Å². The lowest BCUT2D eigenvalue weighted by atomic mass is 10.2. The number of hydrazone groups is 1. The molecule has 0 atom stereocenters. The Bertz CT molecular complexity index is 763. The normalized spacial score (nSPS) is 10.7. The molecule has 0 amide bonds. The molecule has 0 saturated heterocycles. The highest BCUT2D eigenvalue weighted by Gasteiger charge is 2.22. The summed E-state index contributed by atoms with van der Waals surface area (Å²) >= 11 is 0. The molecule has 25 heavy (non-hydrogen) atoms. The van der Waals surface area contributed by atoms with Crippen molar-refractivity contribution in [1.82, 2.24) is 0 Å². The van der Waals surface area contributed by atoms with Crippen molar-refractivity contribution < 1.29 is 18.8 Å². The fourth-order valence-corrected chi connectivity index (χ4v) is 2.08. The Morgan fingerprint density at radius 3 is 2.48 bits per heavy atom. The van der Waals surface area contributed by atoms with Gasteiger partial charge in [-0.2, -0.15) is 5.10 Å². The van der Waals surface area contributed by atoms with Crippen LogP contribution in [0.4, 0.5) is 15.8 Å². The third kappa shape index (κ3) is 4.90. The lowest BCUT2D eigenvalue weighted by molar-refractivity contribution is -0.385. The number of nitrogens with zero attached hydrogens (tertiary/aromatic N) is 2. The van der Waals surface area contributed by atoms with Gasteiger partial charge in [0.05, 0.1) is 30.0 Å². The number of benzene rings is 2. The van der Waals surface area contributed by atoms with Gasteiger partial charge in [0.1, 0.15) is 5.82 Å². The molecule has 0 aliphatic rings. The molecule has 0 aromatic heterocycles. The summed E-state index contributed by atoms with van der Waals surface area (Å²) in [5.41, 5.74) is 3.58. The molecule has 0 unspecified atom stereocenters. The van der Waals surface area contributed by atoms with E-state index in [1.54, 1.807) is 19.9 Å². The summed E-state index contributed by atoms with van der Waals surface area (Å²) in [6.45, 7) is 4.13. The zero-order chi connectivity index (χ0) is 18.2. The first kappa shape index (κ1) is 18.2. The zero-order valence-electron chi connectivity index (χ0n) is 13.9. The average molecular weight is 347 g/mol. The molecule has 8 heteroatoms. The third-order valence-corrected chi connectivity index (χ3v) is 3.09. The van der Waals surface area contributed by atoms with Crippen LogP contribution in [-0.2, 0) is 0 Å². The van der Waals surface area contributed by atoms with Crippen molar-refractivity contribution in [3.63, 3.8) is 0 Å². The number of nitrogens with one attached hydrogen (secondary N) is 1. The van der Waals surface area contributed by atoms with Gasteiger partial charge in [-0.3, -0.25) is 15.5 Å². The van der Waals surface area contributed by atoms with Crippen LogP contribution >= 0.6 is 0 Å². The average Bonchev–Trinajstić information content (AvgIpc) is 2.58. The molecule has 2 aromatic carbocycles. The molecule has 0 bridgehead atoms. The van der Waals surface area contributed by atoms with Crippen LogP contribution in [0.3, 0.4) is 0 Å². The van der Waals surface area contributed by atoms with Gasteiger partial charge < -0.3 is 9.47 Å². The summed E-state index contributed by atoms with van der Waals surface area (Å²) < 4.78 is 23.7. The molecular formula is C17H18FN3O4. The summed E-state index contributed by atoms with van der Waals surface area (Å²) in [5.74, 6) is 0.0257. The first-order valence-electron chi connectivity index (χ1n) is 7.67. The van der Waals surface area contributed by atoms with Gasteiger partial charge >= 0.3 is 5.69 Å². The number of nitro benzene ring substituents is 1. The molecule has 7 nitrogen and oxygen atoms in total. The number of nitro groups is 1.